The molecule has 0 aromatic heterocycles. The predicted molar refractivity (Wildman–Crippen MR) is 92.4 cm³/mol. The summed E-state index contributed by atoms with van der Waals surface area (Å²) in [7, 11) is 0. The van der Waals surface area contributed by atoms with Gasteiger partial charge in [-0.2, -0.15) is 0 Å². The van der Waals surface area contributed by atoms with Crippen LogP contribution in [0.15, 0.2) is 73.0 Å². The van der Waals surface area contributed by atoms with Crippen molar-refractivity contribution in [3.8, 4) is 0 Å². The first kappa shape index (κ1) is 17.7. The van der Waals surface area contributed by atoms with Crippen molar-refractivity contribution < 1.29 is 28.9 Å². The zero-order valence-electron chi connectivity index (χ0n) is 13.9. The number of hydrogen-bond acceptors (Lipinski definition) is 6. The molecule has 26 heavy (non-hydrogen) atoms. The lowest BCUT2D eigenvalue weighted by Crippen LogP contribution is -2.45. The number of ether oxygens (including phenoxy) is 3. The Bertz CT molecular complexity index is 771. The fourth-order valence-electron chi connectivity index (χ4n) is 2.46. The Morgan fingerprint density at radius 1 is 0.923 bits per heavy atom. The van der Waals surface area contributed by atoms with Gasteiger partial charge in [-0.3, -0.25) is 0 Å². The van der Waals surface area contributed by atoms with E-state index in [9.17, 15) is 14.7 Å². The summed E-state index contributed by atoms with van der Waals surface area (Å²) in [6.45, 7) is -0.168. The summed E-state index contributed by atoms with van der Waals surface area (Å²) in [6.07, 6.45) is -0.105. The number of rotatable bonds is 5. The highest BCUT2D eigenvalue weighted by atomic mass is 16.6. The monoisotopic (exact) mass is 354 g/mol. The Kier molecular flexibility index (Phi) is 5.66. The number of esters is 2. The molecule has 0 saturated carbocycles. The van der Waals surface area contributed by atoms with Gasteiger partial charge in [-0.25, -0.2) is 9.59 Å². The van der Waals surface area contributed by atoms with Crippen LogP contribution in [0.1, 0.15) is 20.7 Å². The fraction of sp³-hybridized carbons (Fsp3) is 0.200. The van der Waals surface area contributed by atoms with E-state index in [1.807, 2.05) is 0 Å². The number of hydrogen-bond donors (Lipinski definition) is 1. The summed E-state index contributed by atoms with van der Waals surface area (Å²) in [6, 6.07) is 17.0. The highest BCUT2D eigenvalue weighted by Crippen LogP contribution is 2.18. The summed E-state index contributed by atoms with van der Waals surface area (Å²) in [4.78, 5) is 24.1. The lowest BCUT2D eigenvalue weighted by Gasteiger charge is -2.30. The van der Waals surface area contributed by atoms with Crippen molar-refractivity contribution in [2.75, 3.05) is 6.61 Å². The average Bonchev–Trinajstić information content (AvgIpc) is 2.69. The molecule has 3 rings (SSSR count). The Balaban J connectivity index is 1.56. The van der Waals surface area contributed by atoms with Gasteiger partial charge in [-0.05, 0) is 30.3 Å². The number of aliphatic hydroxyl groups excluding tert-OH is 1. The van der Waals surface area contributed by atoms with E-state index in [0.29, 0.717) is 11.1 Å². The van der Waals surface area contributed by atoms with Gasteiger partial charge in [0.2, 0.25) is 0 Å². The molecule has 134 valence electrons. The Hall–Kier alpha value is -3.12. The van der Waals surface area contributed by atoms with Crippen LogP contribution in [0.25, 0.3) is 0 Å². The smallest absolute Gasteiger partial charge is 0.338 e. The van der Waals surface area contributed by atoms with Gasteiger partial charge >= 0.3 is 11.9 Å². The first-order valence-corrected chi connectivity index (χ1v) is 8.13. The third-order valence-electron chi connectivity index (χ3n) is 3.88. The molecule has 1 aliphatic heterocycles. The zero-order chi connectivity index (χ0) is 18.4. The molecule has 3 atom stereocenters. The summed E-state index contributed by atoms with van der Waals surface area (Å²) in [5.74, 6) is -1.07. The summed E-state index contributed by atoms with van der Waals surface area (Å²) < 4.78 is 15.8. The van der Waals surface area contributed by atoms with Crippen LogP contribution in [-0.2, 0) is 14.2 Å². The van der Waals surface area contributed by atoms with Gasteiger partial charge in [0.1, 0.15) is 12.7 Å². The third-order valence-corrected chi connectivity index (χ3v) is 3.88. The molecule has 1 aliphatic rings. The number of carbonyl (C=O) groups excluding carboxylic acids is 2. The predicted octanol–water partition coefficient (Wildman–Crippen LogP) is 2.34. The number of aliphatic hydroxyl groups is 1. The first-order chi connectivity index (χ1) is 12.6. The van der Waals surface area contributed by atoms with E-state index < -0.39 is 30.3 Å². The van der Waals surface area contributed by atoms with Crippen molar-refractivity contribution in [2.45, 2.75) is 18.3 Å². The molecule has 0 fully saturated rings. The Morgan fingerprint density at radius 3 is 2.12 bits per heavy atom. The molecular weight excluding hydrogens is 336 g/mol. The quantitative estimate of drug-likeness (QED) is 0.830. The van der Waals surface area contributed by atoms with Gasteiger partial charge in [0.25, 0.3) is 0 Å². The largest absolute Gasteiger partial charge is 0.492 e. The summed E-state index contributed by atoms with van der Waals surface area (Å²) in [5, 5.41) is 10.4. The van der Waals surface area contributed by atoms with Gasteiger partial charge in [0, 0.05) is 0 Å². The van der Waals surface area contributed by atoms with Crippen LogP contribution in [0.4, 0.5) is 0 Å². The van der Waals surface area contributed by atoms with E-state index in [4.69, 9.17) is 14.2 Å². The topological polar surface area (TPSA) is 82.1 Å². The minimum absolute atomic E-state index is 0.168. The maximum Gasteiger partial charge on any atom is 0.338 e. The van der Waals surface area contributed by atoms with E-state index in [2.05, 4.69) is 0 Å². The second-order valence-electron chi connectivity index (χ2n) is 5.69. The molecule has 2 aromatic rings. The molecule has 6 nitrogen and oxygen atoms in total. The minimum Gasteiger partial charge on any atom is -0.492 e. The Labute approximate surface area is 150 Å². The lowest BCUT2D eigenvalue weighted by atomic mass is 10.1. The molecule has 1 unspecified atom stereocenters. The molecule has 1 heterocycles. The zero-order valence-corrected chi connectivity index (χ0v) is 13.9. The third kappa shape index (κ3) is 4.29. The van der Waals surface area contributed by atoms with E-state index in [-0.39, 0.29) is 6.61 Å². The summed E-state index contributed by atoms with van der Waals surface area (Å²) in [5.41, 5.74) is 0.784. The molecule has 0 aliphatic carbocycles. The van der Waals surface area contributed by atoms with Crippen molar-refractivity contribution in [2.24, 2.45) is 0 Å². The number of benzene rings is 2. The highest BCUT2D eigenvalue weighted by Gasteiger charge is 2.34. The van der Waals surface area contributed by atoms with E-state index >= 15 is 0 Å². The molecule has 0 saturated heterocycles. The van der Waals surface area contributed by atoms with Crippen LogP contribution in [0.5, 0.6) is 0 Å². The molecule has 0 radical (unpaired) electrons. The maximum absolute atomic E-state index is 12.1. The number of carbonyl (C=O) groups is 2. The second-order valence-corrected chi connectivity index (χ2v) is 5.69. The van der Waals surface area contributed by atoms with Crippen molar-refractivity contribution in [1.29, 1.82) is 0 Å². The van der Waals surface area contributed by atoms with E-state index in [1.165, 1.54) is 12.3 Å². The SMILES string of the molecule is O=C(OCC1OC=C[C@@H](OC(=O)c2ccccc2)[C@@H]1O)c1ccccc1. The highest BCUT2D eigenvalue weighted by molar-refractivity contribution is 5.90. The van der Waals surface area contributed by atoms with Crippen molar-refractivity contribution in [3.05, 3.63) is 84.1 Å². The minimum atomic E-state index is -1.16. The average molecular weight is 354 g/mol. The van der Waals surface area contributed by atoms with Gasteiger partial charge in [-0.15, -0.1) is 0 Å². The van der Waals surface area contributed by atoms with Crippen LogP contribution in [0.2, 0.25) is 0 Å². The lowest BCUT2D eigenvalue weighted by molar-refractivity contribution is -0.0900. The second kappa shape index (κ2) is 8.31. The van der Waals surface area contributed by atoms with E-state index in [1.54, 1.807) is 60.7 Å². The van der Waals surface area contributed by atoms with Crippen LogP contribution in [0.3, 0.4) is 0 Å². The van der Waals surface area contributed by atoms with Crippen molar-refractivity contribution >= 4 is 11.9 Å². The standard InChI is InChI=1S/C20H18O6/c21-18-16(26-20(23)15-9-5-2-6-10-15)11-12-24-17(18)13-25-19(22)14-7-3-1-4-8-14/h1-12,16-18,21H,13H2/t16-,17?,18+/m1/s1. The van der Waals surface area contributed by atoms with Crippen LogP contribution < -0.4 is 0 Å². The molecule has 0 amide bonds. The Morgan fingerprint density at radius 2 is 1.50 bits per heavy atom. The van der Waals surface area contributed by atoms with Gasteiger partial charge in [-0.1, -0.05) is 36.4 Å². The summed E-state index contributed by atoms with van der Waals surface area (Å²) >= 11 is 0. The van der Waals surface area contributed by atoms with Gasteiger partial charge in [0.05, 0.1) is 17.4 Å². The van der Waals surface area contributed by atoms with Crippen LogP contribution in [-0.4, -0.2) is 42.0 Å². The molecular formula is C20H18O6. The van der Waals surface area contributed by atoms with Crippen molar-refractivity contribution in [3.63, 3.8) is 0 Å². The first-order valence-electron chi connectivity index (χ1n) is 8.13. The van der Waals surface area contributed by atoms with Crippen LogP contribution in [0, 0.1) is 0 Å². The van der Waals surface area contributed by atoms with Gasteiger partial charge in [0.15, 0.2) is 12.2 Å². The maximum atomic E-state index is 12.1. The van der Waals surface area contributed by atoms with Crippen molar-refractivity contribution in [1.82, 2.24) is 0 Å². The molecule has 0 bridgehead atoms. The van der Waals surface area contributed by atoms with E-state index in [0.717, 1.165) is 0 Å². The fourth-order valence-corrected chi connectivity index (χ4v) is 2.46. The molecule has 2 aromatic carbocycles. The van der Waals surface area contributed by atoms with Gasteiger partial charge < -0.3 is 19.3 Å². The molecule has 6 heteroatoms. The molecule has 1 N–H and O–H groups in total. The normalized spacial score (nSPS) is 21.5. The molecule has 0 spiro atoms. The van der Waals surface area contributed by atoms with Crippen LogP contribution >= 0.6 is 0 Å².